The number of carbonyl (C=O) groups is 4. The van der Waals surface area contributed by atoms with Crippen LogP contribution in [0.5, 0.6) is 0 Å². The van der Waals surface area contributed by atoms with Crippen LogP contribution in [0.25, 0.3) is 0 Å². The number of hydrogen-bond donors (Lipinski definition) is 1. The number of amides is 3. The van der Waals surface area contributed by atoms with Crippen molar-refractivity contribution in [3.8, 4) is 0 Å². The summed E-state index contributed by atoms with van der Waals surface area (Å²) in [5.74, 6) is -0.735. The van der Waals surface area contributed by atoms with Gasteiger partial charge in [0.1, 0.15) is 17.7 Å². The average molecular weight is 556 g/mol. The fraction of sp³-hybridized carbons (Fsp3) is 0.677. The second-order valence-corrected chi connectivity index (χ2v) is 13.8. The monoisotopic (exact) mass is 555 g/mol. The molecule has 2 aliphatic heterocycles. The van der Waals surface area contributed by atoms with Crippen molar-refractivity contribution in [3.63, 3.8) is 0 Å². The van der Waals surface area contributed by atoms with Crippen molar-refractivity contribution < 1.29 is 28.7 Å². The number of esters is 1. The third-order valence-electron chi connectivity index (χ3n) is 8.02. The molecule has 220 valence electrons. The van der Waals surface area contributed by atoms with Crippen LogP contribution in [0.4, 0.5) is 10.5 Å². The number of likely N-dealkylation sites (tertiary alicyclic amines) is 1. The molecule has 1 aromatic carbocycles. The minimum absolute atomic E-state index is 0.0376. The van der Waals surface area contributed by atoms with Crippen LogP contribution in [-0.2, 0) is 23.9 Å². The molecule has 3 amide bonds. The van der Waals surface area contributed by atoms with E-state index >= 15 is 0 Å². The Morgan fingerprint density at radius 2 is 1.68 bits per heavy atom. The first-order chi connectivity index (χ1) is 18.7. The lowest BCUT2D eigenvalue weighted by Crippen LogP contribution is -2.57. The summed E-state index contributed by atoms with van der Waals surface area (Å²) in [6, 6.07) is 7.38. The van der Waals surface area contributed by atoms with Gasteiger partial charge in [0.05, 0.1) is 13.1 Å². The Morgan fingerprint density at radius 1 is 1.02 bits per heavy atom. The molecular weight excluding hydrogens is 510 g/mol. The standard InChI is InChI=1S/C31H45N3O6/c1-29(2,3)25(32-24(35)17-21-13-9-7-10-14-21)26(36)34-20-31(18-23(34)27(37)39-30(4,5)6)19-33(28(38)40-31)22-15-11-8-12-16-22/h8,11-12,15-16,21,23,25H,7,9-10,13-14,17-20H2,1-6H3,(H,32,35)/t23-,25+,31+/m0/s1. The van der Waals surface area contributed by atoms with Crippen molar-refractivity contribution in [1.29, 1.82) is 0 Å². The van der Waals surface area contributed by atoms with Crippen LogP contribution in [0, 0.1) is 11.3 Å². The first-order valence-electron chi connectivity index (χ1n) is 14.6. The lowest BCUT2D eigenvalue weighted by atomic mass is 9.84. The van der Waals surface area contributed by atoms with Crippen LogP contribution in [-0.4, -0.2) is 65.2 Å². The summed E-state index contributed by atoms with van der Waals surface area (Å²) in [6.45, 7) is 11.3. The fourth-order valence-electron chi connectivity index (χ4n) is 6.07. The molecule has 2 saturated heterocycles. The molecule has 0 bridgehead atoms. The van der Waals surface area contributed by atoms with Crippen molar-refractivity contribution in [1.82, 2.24) is 10.2 Å². The number of hydrogen-bond acceptors (Lipinski definition) is 6. The van der Waals surface area contributed by atoms with Gasteiger partial charge in [-0.15, -0.1) is 0 Å². The zero-order chi connectivity index (χ0) is 29.3. The van der Waals surface area contributed by atoms with Crippen LogP contribution < -0.4 is 10.2 Å². The molecule has 1 N–H and O–H groups in total. The summed E-state index contributed by atoms with van der Waals surface area (Å²) >= 11 is 0. The van der Waals surface area contributed by atoms with Gasteiger partial charge >= 0.3 is 12.1 Å². The van der Waals surface area contributed by atoms with Crippen molar-refractivity contribution >= 4 is 29.6 Å². The van der Waals surface area contributed by atoms with Crippen molar-refractivity contribution in [2.24, 2.45) is 11.3 Å². The smallest absolute Gasteiger partial charge is 0.415 e. The molecule has 0 aromatic heterocycles. The number of ether oxygens (including phenoxy) is 2. The van der Waals surface area contributed by atoms with Gasteiger partial charge in [-0.3, -0.25) is 14.5 Å². The molecule has 0 unspecified atom stereocenters. The van der Waals surface area contributed by atoms with Crippen LogP contribution in [0.15, 0.2) is 30.3 Å². The summed E-state index contributed by atoms with van der Waals surface area (Å²) < 4.78 is 11.6. The quantitative estimate of drug-likeness (QED) is 0.505. The van der Waals surface area contributed by atoms with Gasteiger partial charge in [-0.05, 0) is 57.1 Å². The number of nitrogens with zero attached hydrogens (tertiary/aromatic N) is 2. The van der Waals surface area contributed by atoms with Gasteiger partial charge in [-0.25, -0.2) is 9.59 Å². The van der Waals surface area contributed by atoms with Crippen LogP contribution in [0.1, 0.15) is 86.5 Å². The number of rotatable bonds is 6. The van der Waals surface area contributed by atoms with Gasteiger partial charge in [-0.2, -0.15) is 0 Å². The van der Waals surface area contributed by atoms with Gasteiger partial charge < -0.3 is 19.7 Å². The highest BCUT2D eigenvalue weighted by atomic mass is 16.6. The minimum atomic E-state index is -1.07. The molecular formula is C31H45N3O6. The Hall–Kier alpha value is -3.10. The van der Waals surface area contributed by atoms with Gasteiger partial charge in [0, 0.05) is 18.5 Å². The lowest BCUT2D eigenvalue weighted by Gasteiger charge is -2.36. The second-order valence-electron chi connectivity index (χ2n) is 13.8. The maximum Gasteiger partial charge on any atom is 0.415 e. The highest BCUT2D eigenvalue weighted by Gasteiger charge is 2.58. The van der Waals surface area contributed by atoms with E-state index in [2.05, 4.69) is 5.32 Å². The Kier molecular flexibility index (Phi) is 8.52. The van der Waals surface area contributed by atoms with E-state index in [1.54, 1.807) is 20.8 Å². The first kappa shape index (κ1) is 29.9. The summed E-state index contributed by atoms with van der Waals surface area (Å²) in [7, 11) is 0. The van der Waals surface area contributed by atoms with E-state index in [1.807, 2.05) is 51.1 Å². The van der Waals surface area contributed by atoms with E-state index < -0.39 is 40.8 Å². The zero-order valence-electron chi connectivity index (χ0n) is 24.8. The molecule has 3 atom stereocenters. The Labute approximate surface area is 237 Å². The highest BCUT2D eigenvalue weighted by Crippen LogP contribution is 2.40. The molecule has 9 nitrogen and oxygen atoms in total. The van der Waals surface area contributed by atoms with Crippen LogP contribution in [0.3, 0.4) is 0 Å². The summed E-state index contributed by atoms with van der Waals surface area (Å²) in [6.07, 6.45) is 5.52. The summed E-state index contributed by atoms with van der Waals surface area (Å²) in [4.78, 5) is 56.8. The molecule has 1 aromatic rings. The molecule has 1 spiro atoms. The van der Waals surface area contributed by atoms with Gasteiger partial charge in [0.25, 0.3) is 0 Å². The molecule has 9 heteroatoms. The van der Waals surface area contributed by atoms with E-state index in [-0.39, 0.29) is 31.3 Å². The number of para-hydroxylation sites is 1. The van der Waals surface area contributed by atoms with Crippen molar-refractivity contribution in [2.45, 2.75) is 110 Å². The summed E-state index contributed by atoms with van der Waals surface area (Å²) in [5, 5.41) is 3.01. The third-order valence-corrected chi connectivity index (χ3v) is 8.02. The van der Waals surface area contributed by atoms with E-state index in [1.165, 1.54) is 16.2 Å². The van der Waals surface area contributed by atoms with E-state index in [4.69, 9.17) is 9.47 Å². The maximum atomic E-state index is 14.2. The Bertz CT molecular complexity index is 1100. The Morgan fingerprint density at radius 3 is 2.27 bits per heavy atom. The molecule has 3 aliphatic rings. The molecule has 40 heavy (non-hydrogen) atoms. The fourth-order valence-corrected chi connectivity index (χ4v) is 6.07. The topological polar surface area (TPSA) is 105 Å². The normalized spacial score (nSPS) is 24.6. The predicted octanol–water partition coefficient (Wildman–Crippen LogP) is 4.83. The maximum absolute atomic E-state index is 14.2. The molecule has 1 saturated carbocycles. The second kappa shape index (κ2) is 11.4. The van der Waals surface area contributed by atoms with E-state index in [0.29, 0.717) is 18.0 Å². The largest absolute Gasteiger partial charge is 0.458 e. The van der Waals surface area contributed by atoms with Gasteiger partial charge in [0.2, 0.25) is 11.8 Å². The molecule has 0 radical (unpaired) electrons. The summed E-state index contributed by atoms with van der Waals surface area (Å²) in [5.41, 5.74) is -1.76. The van der Waals surface area contributed by atoms with Crippen LogP contribution >= 0.6 is 0 Å². The molecule has 3 fully saturated rings. The predicted molar refractivity (Wildman–Crippen MR) is 152 cm³/mol. The Balaban J connectivity index is 1.58. The lowest BCUT2D eigenvalue weighted by molar-refractivity contribution is -0.164. The third kappa shape index (κ3) is 6.96. The van der Waals surface area contributed by atoms with Crippen molar-refractivity contribution in [3.05, 3.63) is 30.3 Å². The van der Waals surface area contributed by atoms with Crippen LogP contribution in [0.2, 0.25) is 0 Å². The van der Waals surface area contributed by atoms with Gasteiger partial charge in [0.15, 0.2) is 5.60 Å². The number of benzene rings is 1. The van der Waals surface area contributed by atoms with E-state index in [0.717, 1.165) is 25.7 Å². The van der Waals surface area contributed by atoms with Gasteiger partial charge in [-0.1, -0.05) is 58.2 Å². The molecule has 4 rings (SSSR count). The number of nitrogens with one attached hydrogen (secondary N) is 1. The number of carbonyl (C=O) groups excluding carboxylic acids is 4. The highest BCUT2D eigenvalue weighted by molar-refractivity contribution is 5.94. The first-order valence-corrected chi connectivity index (χ1v) is 14.6. The average Bonchev–Trinajstić information content (AvgIpc) is 3.40. The SMILES string of the molecule is CC(C)(C)OC(=O)[C@@H]1C[C@@]2(CN(c3ccccc3)C(=O)O2)CN1C(=O)[C@@H](NC(=O)CC1CCCCC1)C(C)(C)C. The molecule has 2 heterocycles. The molecule has 1 aliphatic carbocycles. The van der Waals surface area contributed by atoms with Crippen molar-refractivity contribution in [2.75, 3.05) is 18.0 Å². The minimum Gasteiger partial charge on any atom is -0.458 e. The zero-order valence-corrected chi connectivity index (χ0v) is 24.8. The van der Waals surface area contributed by atoms with E-state index in [9.17, 15) is 19.2 Å². The number of anilines is 1.